The van der Waals surface area contributed by atoms with Crippen LogP contribution in [0, 0.1) is 5.92 Å². The number of likely N-dealkylation sites (tertiary alicyclic amines) is 2. The number of rotatable bonds is 0. The van der Waals surface area contributed by atoms with Crippen LogP contribution in [0.1, 0.15) is 75.2 Å². The summed E-state index contributed by atoms with van der Waals surface area (Å²) in [7, 11) is 0. The van der Waals surface area contributed by atoms with E-state index in [0.717, 1.165) is 13.0 Å². The van der Waals surface area contributed by atoms with Gasteiger partial charge in [0.2, 0.25) is 0 Å². The van der Waals surface area contributed by atoms with Crippen molar-refractivity contribution in [2.75, 3.05) is 13.1 Å². The van der Waals surface area contributed by atoms with Gasteiger partial charge in [-0.15, -0.1) is 0 Å². The summed E-state index contributed by atoms with van der Waals surface area (Å²) in [4.78, 5) is 26.7. The van der Waals surface area contributed by atoms with E-state index in [2.05, 4.69) is 13.8 Å². The monoisotopic (exact) mass is 400 g/mol. The van der Waals surface area contributed by atoms with Crippen molar-refractivity contribution in [3.63, 3.8) is 0 Å². The second-order valence-corrected chi connectivity index (χ2v) is 10.2. The van der Waals surface area contributed by atoms with E-state index in [-0.39, 0.29) is 23.8 Å². The first-order valence-electron chi connectivity index (χ1n) is 10.3. The highest BCUT2D eigenvalue weighted by Gasteiger charge is 2.34. The van der Waals surface area contributed by atoms with E-state index in [1.54, 1.807) is 4.90 Å². The molecule has 2 aliphatic heterocycles. The zero-order chi connectivity index (χ0) is 21.9. The van der Waals surface area contributed by atoms with Gasteiger partial charge in [0.1, 0.15) is 11.2 Å². The van der Waals surface area contributed by atoms with Crippen LogP contribution in [0.2, 0.25) is 0 Å². The van der Waals surface area contributed by atoms with E-state index in [1.807, 2.05) is 53.4 Å². The topological polar surface area (TPSA) is 79.3 Å². The summed E-state index contributed by atoms with van der Waals surface area (Å²) in [6.07, 6.45) is 0.812. The van der Waals surface area contributed by atoms with E-state index < -0.39 is 11.7 Å². The van der Waals surface area contributed by atoms with Gasteiger partial charge in [0.05, 0.1) is 12.6 Å². The van der Waals surface area contributed by atoms with Crippen LogP contribution >= 0.6 is 0 Å². The number of aliphatic hydroxyl groups excluding tert-OH is 1. The highest BCUT2D eigenvalue weighted by Crippen LogP contribution is 2.24. The lowest BCUT2D eigenvalue weighted by molar-refractivity contribution is 0.0214. The molecular weight excluding hydrogens is 360 g/mol. The first-order valence-corrected chi connectivity index (χ1v) is 10.3. The van der Waals surface area contributed by atoms with Gasteiger partial charge in [0, 0.05) is 18.6 Å². The molecule has 0 aromatic heterocycles. The van der Waals surface area contributed by atoms with Crippen molar-refractivity contribution in [1.29, 1.82) is 0 Å². The summed E-state index contributed by atoms with van der Waals surface area (Å²) < 4.78 is 10.5. The molecule has 0 saturated carbocycles. The van der Waals surface area contributed by atoms with Crippen LogP contribution in [0.25, 0.3) is 0 Å². The van der Waals surface area contributed by atoms with Crippen LogP contribution in [0.5, 0.6) is 0 Å². The molecule has 0 unspecified atom stereocenters. The van der Waals surface area contributed by atoms with Gasteiger partial charge in [-0.05, 0) is 74.1 Å². The fraction of sp³-hybridized carbons (Fsp3) is 0.905. The van der Waals surface area contributed by atoms with Gasteiger partial charge in [0.15, 0.2) is 0 Å². The molecule has 0 aromatic carbocycles. The highest BCUT2D eigenvalue weighted by atomic mass is 16.6. The Morgan fingerprint density at radius 2 is 1.18 bits per heavy atom. The summed E-state index contributed by atoms with van der Waals surface area (Å²) in [6, 6.07) is 0.389. The Labute approximate surface area is 170 Å². The number of aliphatic hydroxyl groups is 1. The molecule has 2 saturated heterocycles. The summed E-state index contributed by atoms with van der Waals surface area (Å²) >= 11 is 0. The van der Waals surface area contributed by atoms with Crippen molar-refractivity contribution in [2.45, 2.75) is 105 Å². The molecule has 2 aliphatic rings. The lowest BCUT2D eigenvalue weighted by Crippen LogP contribution is -2.39. The standard InChI is InChI=1S/C11H21NO2.C10H19NO3/c1-8-6-9(2)12(7-8)10(13)14-11(3,4)5;1-7-5-8(12)6-11(7)9(13)14-10(2,3)4/h8-9H,6-7H2,1-5H3;7-8,12H,5-6H2,1-4H3/t8-,9-;7-,8-/m00/s1. The molecule has 0 bridgehead atoms. The predicted molar refractivity (Wildman–Crippen MR) is 109 cm³/mol. The Morgan fingerprint density at radius 3 is 1.46 bits per heavy atom. The molecule has 0 radical (unpaired) electrons. The van der Waals surface area contributed by atoms with Crippen LogP contribution in [0.15, 0.2) is 0 Å². The highest BCUT2D eigenvalue weighted by molar-refractivity contribution is 5.69. The first-order chi connectivity index (χ1) is 12.6. The van der Waals surface area contributed by atoms with Crippen LogP contribution in [-0.4, -0.2) is 69.6 Å². The quantitative estimate of drug-likeness (QED) is 0.664. The molecule has 2 amide bonds. The Bertz CT molecular complexity index is 490. The molecule has 2 heterocycles. The smallest absolute Gasteiger partial charge is 0.410 e. The van der Waals surface area contributed by atoms with E-state index in [1.165, 1.54) is 0 Å². The minimum Gasteiger partial charge on any atom is -0.444 e. The molecule has 4 atom stereocenters. The van der Waals surface area contributed by atoms with E-state index in [9.17, 15) is 14.7 Å². The molecule has 0 spiro atoms. The van der Waals surface area contributed by atoms with Crippen molar-refractivity contribution < 1.29 is 24.2 Å². The third-order valence-electron chi connectivity index (χ3n) is 4.59. The summed E-state index contributed by atoms with van der Waals surface area (Å²) in [5.41, 5.74) is -0.854. The van der Waals surface area contributed by atoms with Gasteiger partial charge >= 0.3 is 12.2 Å². The van der Waals surface area contributed by atoms with Gasteiger partial charge in [-0.2, -0.15) is 0 Å². The Hall–Kier alpha value is -1.50. The van der Waals surface area contributed by atoms with E-state index in [4.69, 9.17) is 9.47 Å². The number of hydrogen-bond acceptors (Lipinski definition) is 5. The van der Waals surface area contributed by atoms with E-state index in [0.29, 0.717) is 24.9 Å². The molecule has 2 rings (SSSR count). The van der Waals surface area contributed by atoms with Crippen molar-refractivity contribution in [3.05, 3.63) is 0 Å². The van der Waals surface area contributed by atoms with Gasteiger partial charge in [-0.25, -0.2) is 9.59 Å². The van der Waals surface area contributed by atoms with Crippen molar-refractivity contribution >= 4 is 12.2 Å². The maximum absolute atomic E-state index is 11.7. The molecule has 164 valence electrons. The third-order valence-corrected chi connectivity index (χ3v) is 4.59. The number of nitrogens with zero attached hydrogens (tertiary/aromatic N) is 2. The minimum atomic E-state index is -0.468. The van der Waals surface area contributed by atoms with Crippen molar-refractivity contribution in [2.24, 2.45) is 5.92 Å². The molecule has 2 fully saturated rings. The Balaban J connectivity index is 0.000000280. The molecule has 0 aliphatic carbocycles. The molecular formula is C21H40N2O5. The fourth-order valence-corrected chi connectivity index (χ4v) is 3.45. The number of hydrogen-bond donors (Lipinski definition) is 1. The van der Waals surface area contributed by atoms with Crippen molar-refractivity contribution in [3.8, 4) is 0 Å². The summed E-state index contributed by atoms with van der Waals surface area (Å²) in [5.74, 6) is 0.595. The molecule has 0 aromatic rings. The lowest BCUT2D eigenvalue weighted by atomic mass is 10.1. The Morgan fingerprint density at radius 1 is 0.786 bits per heavy atom. The fourth-order valence-electron chi connectivity index (χ4n) is 3.45. The van der Waals surface area contributed by atoms with Gasteiger partial charge in [-0.1, -0.05) is 6.92 Å². The molecule has 1 N–H and O–H groups in total. The van der Waals surface area contributed by atoms with Crippen LogP contribution in [0.4, 0.5) is 9.59 Å². The average Bonchev–Trinajstić information content (AvgIpc) is 2.97. The van der Waals surface area contributed by atoms with Crippen molar-refractivity contribution in [1.82, 2.24) is 9.80 Å². The second kappa shape index (κ2) is 9.33. The van der Waals surface area contributed by atoms with Crippen LogP contribution < -0.4 is 0 Å². The normalized spacial score (nSPS) is 27.9. The molecule has 7 heteroatoms. The van der Waals surface area contributed by atoms with E-state index >= 15 is 0 Å². The summed E-state index contributed by atoms with van der Waals surface area (Å²) in [6.45, 7) is 18.6. The molecule has 7 nitrogen and oxygen atoms in total. The number of carbonyl (C=O) groups excluding carboxylic acids is 2. The second-order valence-electron chi connectivity index (χ2n) is 10.2. The van der Waals surface area contributed by atoms with Gasteiger partial charge in [0.25, 0.3) is 0 Å². The maximum Gasteiger partial charge on any atom is 0.410 e. The zero-order valence-electron chi connectivity index (χ0n) is 19.1. The largest absolute Gasteiger partial charge is 0.444 e. The summed E-state index contributed by atoms with van der Waals surface area (Å²) in [5, 5.41) is 9.37. The zero-order valence-corrected chi connectivity index (χ0v) is 19.1. The minimum absolute atomic E-state index is 0.0693. The third kappa shape index (κ3) is 8.25. The SMILES string of the molecule is C[C@H]1C[C@H](C)N(C(=O)OC(C)(C)C)C1.C[C@H]1C[C@H](O)CN1C(=O)OC(C)(C)C. The van der Waals surface area contributed by atoms with Gasteiger partial charge in [-0.3, -0.25) is 0 Å². The number of amides is 2. The predicted octanol–water partition coefficient (Wildman–Crippen LogP) is 4.03. The maximum atomic E-state index is 11.7. The number of β-amino-alcohol motifs (C(OH)–C–C–N with tert-alkyl or cyclic N) is 1. The average molecular weight is 401 g/mol. The lowest BCUT2D eigenvalue weighted by Gasteiger charge is -2.26. The van der Waals surface area contributed by atoms with Crippen LogP contribution in [0.3, 0.4) is 0 Å². The number of ether oxygens (including phenoxy) is 2. The molecule has 28 heavy (non-hydrogen) atoms. The first kappa shape index (κ1) is 24.5. The van der Waals surface area contributed by atoms with Crippen LogP contribution in [-0.2, 0) is 9.47 Å². The van der Waals surface area contributed by atoms with Gasteiger partial charge < -0.3 is 24.4 Å². The Kier molecular flexibility index (Phi) is 8.18. The number of carbonyl (C=O) groups is 2.